The fourth-order valence-corrected chi connectivity index (χ4v) is 2.32. The highest BCUT2D eigenvalue weighted by Gasteiger charge is 2.19. The van der Waals surface area contributed by atoms with E-state index in [0.717, 1.165) is 31.5 Å². The molecule has 0 amide bonds. The summed E-state index contributed by atoms with van der Waals surface area (Å²) in [5.74, 6) is 0.979. The summed E-state index contributed by atoms with van der Waals surface area (Å²) in [6, 6.07) is 9.26. The molecule has 1 N–H and O–H groups in total. The minimum Gasteiger partial charge on any atom is -0.492 e. The average Bonchev–Trinajstić information content (AvgIpc) is 3.31. The molecule has 3 heteroatoms. The Labute approximate surface area is 129 Å². The average molecular weight is 290 g/mol. The van der Waals surface area contributed by atoms with Crippen LogP contribution in [0.5, 0.6) is 5.75 Å². The number of rotatable bonds is 11. The van der Waals surface area contributed by atoms with Crippen LogP contribution in [0.2, 0.25) is 0 Å². The first-order chi connectivity index (χ1) is 10.3. The molecule has 0 radical (unpaired) electrons. The quantitative estimate of drug-likeness (QED) is 0.632. The highest BCUT2D eigenvalue weighted by atomic mass is 16.5. The zero-order chi connectivity index (χ0) is 14.9. The number of hydrogen-bond donors (Lipinski definition) is 1. The third kappa shape index (κ3) is 6.96. The second kappa shape index (κ2) is 9.06. The van der Waals surface area contributed by atoms with Gasteiger partial charge >= 0.3 is 0 Å². The van der Waals surface area contributed by atoms with E-state index in [9.17, 15) is 0 Å². The van der Waals surface area contributed by atoms with Gasteiger partial charge in [0, 0.05) is 19.1 Å². The molecule has 3 nitrogen and oxygen atoms in total. The largest absolute Gasteiger partial charge is 0.492 e. The van der Waals surface area contributed by atoms with Gasteiger partial charge in [0.2, 0.25) is 0 Å². The summed E-state index contributed by atoms with van der Waals surface area (Å²) in [7, 11) is 2.17. The van der Waals surface area contributed by atoms with Crippen LogP contribution in [-0.2, 0) is 6.54 Å². The van der Waals surface area contributed by atoms with Gasteiger partial charge in [-0.3, -0.25) is 0 Å². The van der Waals surface area contributed by atoms with Crippen LogP contribution in [0.25, 0.3) is 0 Å². The molecule has 1 fully saturated rings. The van der Waals surface area contributed by atoms with E-state index in [0.29, 0.717) is 0 Å². The molecule has 118 valence electrons. The molecule has 1 aliphatic carbocycles. The van der Waals surface area contributed by atoms with E-state index in [1.165, 1.54) is 44.2 Å². The van der Waals surface area contributed by atoms with Crippen molar-refractivity contribution >= 4 is 0 Å². The monoisotopic (exact) mass is 290 g/mol. The predicted molar refractivity (Wildman–Crippen MR) is 88.8 cm³/mol. The molecule has 1 aromatic rings. The lowest BCUT2D eigenvalue weighted by Gasteiger charge is -2.16. The fraction of sp³-hybridized carbons (Fsp3) is 0.667. The van der Waals surface area contributed by atoms with Gasteiger partial charge in [0.25, 0.3) is 0 Å². The molecule has 0 unspecified atom stereocenters. The van der Waals surface area contributed by atoms with E-state index in [1.807, 2.05) is 0 Å². The van der Waals surface area contributed by atoms with Gasteiger partial charge in [0.15, 0.2) is 0 Å². The number of nitrogens with zero attached hydrogens (tertiary/aromatic N) is 1. The number of likely N-dealkylation sites (N-methyl/N-ethyl adjacent to an activating group) is 1. The first-order valence-electron chi connectivity index (χ1n) is 8.41. The number of hydrogen-bond acceptors (Lipinski definition) is 3. The molecule has 0 heterocycles. The SMILES string of the molecule is CCCCCN(C)CCOc1ccc(CNC2CC2)cc1. The summed E-state index contributed by atoms with van der Waals surface area (Å²) >= 11 is 0. The van der Waals surface area contributed by atoms with Crippen molar-refractivity contribution in [2.75, 3.05) is 26.7 Å². The first kappa shape index (κ1) is 16.3. The summed E-state index contributed by atoms with van der Waals surface area (Å²) in [5, 5.41) is 3.53. The normalized spacial score (nSPS) is 14.6. The second-order valence-corrected chi connectivity index (χ2v) is 6.16. The molecule has 0 aliphatic heterocycles. The van der Waals surface area contributed by atoms with E-state index in [1.54, 1.807) is 0 Å². The molecular formula is C18H30N2O. The maximum Gasteiger partial charge on any atom is 0.119 e. The molecule has 0 aromatic heterocycles. The highest BCUT2D eigenvalue weighted by Crippen LogP contribution is 2.19. The van der Waals surface area contributed by atoms with Crippen LogP contribution in [-0.4, -0.2) is 37.7 Å². The summed E-state index contributed by atoms with van der Waals surface area (Å²) in [5.41, 5.74) is 1.34. The van der Waals surface area contributed by atoms with Crippen LogP contribution in [0, 0.1) is 0 Å². The molecule has 1 aromatic carbocycles. The van der Waals surface area contributed by atoms with Crippen molar-refractivity contribution in [3.05, 3.63) is 29.8 Å². The summed E-state index contributed by atoms with van der Waals surface area (Å²) in [6.45, 7) is 6.15. The van der Waals surface area contributed by atoms with Gasteiger partial charge in [-0.1, -0.05) is 31.9 Å². The third-order valence-electron chi connectivity index (χ3n) is 3.98. The minimum atomic E-state index is 0.766. The maximum absolute atomic E-state index is 5.81. The van der Waals surface area contributed by atoms with E-state index in [2.05, 4.69) is 48.5 Å². The molecule has 0 saturated heterocycles. The molecular weight excluding hydrogens is 260 g/mol. The summed E-state index contributed by atoms with van der Waals surface area (Å²) in [6.07, 6.45) is 6.57. The number of benzene rings is 1. The van der Waals surface area contributed by atoms with Crippen molar-refractivity contribution in [2.24, 2.45) is 0 Å². The smallest absolute Gasteiger partial charge is 0.119 e. The molecule has 0 atom stereocenters. The van der Waals surface area contributed by atoms with Crippen molar-refractivity contribution in [3.8, 4) is 5.75 Å². The molecule has 21 heavy (non-hydrogen) atoms. The fourth-order valence-electron chi connectivity index (χ4n) is 2.32. The van der Waals surface area contributed by atoms with Gasteiger partial charge in [-0.2, -0.15) is 0 Å². The minimum absolute atomic E-state index is 0.766. The molecule has 1 saturated carbocycles. The van der Waals surface area contributed by atoms with E-state index < -0.39 is 0 Å². The van der Waals surface area contributed by atoms with Crippen molar-refractivity contribution < 1.29 is 4.74 Å². The first-order valence-corrected chi connectivity index (χ1v) is 8.41. The Balaban J connectivity index is 1.59. The van der Waals surface area contributed by atoms with Crippen LogP contribution in [0.15, 0.2) is 24.3 Å². The topological polar surface area (TPSA) is 24.5 Å². The number of unbranched alkanes of at least 4 members (excludes halogenated alkanes) is 2. The maximum atomic E-state index is 5.81. The van der Waals surface area contributed by atoms with Crippen LogP contribution in [0.3, 0.4) is 0 Å². The van der Waals surface area contributed by atoms with Gasteiger partial charge in [-0.05, 0) is 50.6 Å². The zero-order valence-electron chi connectivity index (χ0n) is 13.6. The summed E-state index contributed by atoms with van der Waals surface area (Å²) < 4.78 is 5.81. The van der Waals surface area contributed by atoms with Gasteiger partial charge in [-0.15, -0.1) is 0 Å². The van der Waals surface area contributed by atoms with Gasteiger partial charge in [0.1, 0.15) is 12.4 Å². The standard InChI is InChI=1S/C18H30N2O/c1-3-4-5-12-20(2)13-14-21-18-10-6-16(7-11-18)15-19-17-8-9-17/h6-7,10-11,17,19H,3-5,8-9,12-15H2,1-2H3. The predicted octanol–water partition coefficient (Wildman–Crippen LogP) is 3.44. The Morgan fingerprint density at radius 1 is 1.14 bits per heavy atom. The molecule has 2 rings (SSSR count). The van der Waals surface area contributed by atoms with Crippen LogP contribution >= 0.6 is 0 Å². The zero-order valence-corrected chi connectivity index (χ0v) is 13.6. The lowest BCUT2D eigenvalue weighted by molar-refractivity contribution is 0.235. The Morgan fingerprint density at radius 2 is 1.90 bits per heavy atom. The highest BCUT2D eigenvalue weighted by molar-refractivity contribution is 5.27. The Kier molecular flexibility index (Phi) is 7.04. The van der Waals surface area contributed by atoms with Gasteiger partial charge in [0.05, 0.1) is 0 Å². The molecule has 0 spiro atoms. The Morgan fingerprint density at radius 3 is 2.57 bits per heavy atom. The van der Waals surface area contributed by atoms with Crippen molar-refractivity contribution in [1.82, 2.24) is 10.2 Å². The number of ether oxygens (including phenoxy) is 1. The van der Waals surface area contributed by atoms with Crippen molar-refractivity contribution in [1.29, 1.82) is 0 Å². The number of nitrogens with one attached hydrogen (secondary N) is 1. The van der Waals surface area contributed by atoms with E-state index in [-0.39, 0.29) is 0 Å². The molecule has 0 bridgehead atoms. The van der Waals surface area contributed by atoms with Gasteiger partial charge in [-0.25, -0.2) is 0 Å². The summed E-state index contributed by atoms with van der Waals surface area (Å²) in [4.78, 5) is 2.35. The Bertz CT molecular complexity index is 387. The van der Waals surface area contributed by atoms with E-state index >= 15 is 0 Å². The van der Waals surface area contributed by atoms with Crippen molar-refractivity contribution in [2.45, 2.75) is 51.6 Å². The lowest BCUT2D eigenvalue weighted by Crippen LogP contribution is -2.25. The lowest BCUT2D eigenvalue weighted by atomic mass is 10.2. The van der Waals surface area contributed by atoms with Crippen LogP contribution in [0.4, 0.5) is 0 Å². The third-order valence-corrected chi connectivity index (χ3v) is 3.98. The van der Waals surface area contributed by atoms with Gasteiger partial charge < -0.3 is 15.0 Å². The second-order valence-electron chi connectivity index (χ2n) is 6.16. The molecule has 1 aliphatic rings. The Hall–Kier alpha value is -1.06. The van der Waals surface area contributed by atoms with Crippen LogP contribution < -0.4 is 10.1 Å². The van der Waals surface area contributed by atoms with E-state index in [4.69, 9.17) is 4.74 Å². The van der Waals surface area contributed by atoms with Crippen molar-refractivity contribution in [3.63, 3.8) is 0 Å². The van der Waals surface area contributed by atoms with Crippen LogP contribution in [0.1, 0.15) is 44.6 Å².